The van der Waals surface area contributed by atoms with Crippen LogP contribution in [0.1, 0.15) is 28.3 Å². The molecule has 2 aromatic carbocycles. The van der Waals surface area contributed by atoms with Gasteiger partial charge in [0.2, 0.25) is 5.96 Å². The summed E-state index contributed by atoms with van der Waals surface area (Å²) in [6.07, 6.45) is 3.14. The van der Waals surface area contributed by atoms with E-state index in [1.54, 1.807) is 36.5 Å². The number of hydrogen-bond acceptors (Lipinski definition) is 12. The number of anilines is 3. The monoisotopic (exact) mass is 568 g/mol. The molecule has 0 saturated carbocycles. The predicted molar refractivity (Wildman–Crippen MR) is 152 cm³/mol. The van der Waals surface area contributed by atoms with Gasteiger partial charge in [0.1, 0.15) is 29.3 Å². The Balaban J connectivity index is 1.53. The molecule has 14 heteroatoms. The Hall–Kier alpha value is -5.79. The summed E-state index contributed by atoms with van der Waals surface area (Å²) in [4.78, 5) is 21.7. The van der Waals surface area contributed by atoms with Crippen molar-refractivity contribution in [1.29, 1.82) is 10.5 Å². The predicted octanol–water partition coefficient (Wildman–Crippen LogP) is 3.37. The first-order valence-corrected chi connectivity index (χ1v) is 12.3. The molecule has 41 heavy (non-hydrogen) atoms. The molecule has 1 unspecified atom stereocenters. The van der Waals surface area contributed by atoms with Crippen LogP contribution in [0, 0.1) is 29.7 Å². The number of methoxy groups -OCH3 is 1. The smallest absolute Gasteiger partial charge is 0.294 e. The van der Waals surface area contributed by atoms with Gasteiger partial charge in [-0.3, -0.25) is 10.1 Å². The van der Waals surface area contributed by atoms with Gasteiger partial charge in [0, 0.05) is 5.56 Å². The zero-order chi connectivity index (χ0) is 29.3. The van der Waals surface area contributed by atoms with Crippen LogP contribution in [0.4, 0.5) is 17.3 Å². The van der Waals surface area contributed by atoms with E-state index in [0.717, 1.165) is 5.56 Å². The SMILES string of the molecule is COc1cc(C2N=C(NC#N)Nc3nc(N)c(C#N)c(N)c32)ccc1Oc1cnn(-c2ccc(C)cc2)c(=O)c1Cl. The number of nitrogens with two attached hydrogens (primary N) is 2. The summed E-state index contributed by atoms with van der Waals surface area (Å²) in [6.45, 7) is 1.94. The molecule has 3 heterocycles. The van der Waals surface area contributed by atoms with Crippen LogP contribution in [-0.4, -0.2) is 27.8 Å². The van der Waals surface area contributed by atoms with Crippen molar-refractivity contribution >= 4 is 34.9 Å². The highest BCUT2D eigenvalue weighted by Crippen LogP contribution is 2.43. The minimum absolute atomic E-state index is 0.0110. The molecule has 5 rings (SSSR count). The average Bonchev–Trinajstić information content (AvgIpc) is 2.96. The minimum Gasteiger partial charge on any atom is -0.493 e. The summed E-state index contributed by atoms with van der Waals surface area (Å²) < 4.78 is 12.7. The quantitative estimate of drug-likeness (QED) is 0.203. The van der Waals surface area contributed by atoms with Gasteiger partial charge in [-0.15, -0.1) is 0 Å². The van der Waals surface area contributed by atoms with E-state index in [0.29, 0.717) is 16.8 Å². The normalized spacial score (nSPS) is 13.6. The van der Waals surface area contributed by atoms with E-state index in [1.165, 1.54) is 18.0 Å². The topological polar surface area (TPSA) is 202 Å². The van der Waals surface area contributed by atoms with Gasteiger partial charge in [0.15, 0.2) is 28.5 Å². The van der Waals surface area contributed by atoms with E-state index in [4.69, 9.17) is 37.8 Å². The Kier molecular flexibility index (Phi) is 7.04. The number of pyridine rings is 1. The van der Waals surface area contributed by atoms with Crippen LogP contribution in [0.2, 0.25) is 5.02 Å². The number of hydrogen-bond donors (Lipinski definition) is 4. The number of aryl methyl sites for hydroxylation is 1. The van der Waals surface area contributed by atoms with E-state index >= 15 is 0 Å². The molecule has 6 N–H and O–H groups in total. The van der Waals surface area contributed by atoms with E-state index < -0.39 is 11.6 Å². The largest absolute Gasteiger partial charge is 0.493 e. The summed E-state index contributed by atoms with van der Waals surface area (Å²) in [5.74, 6) is 0.815. The van der Waals surface area contributed by atoms with Crippen LogP contribution in [0.3, 0.4) is 0 Å². The Morgan fingerprint density at radius 1 is 1.12 bits per heavy atom. The zero-order valence-corrected chi connectivity index (χ0v) is 22.4. The van der Waals surface area contributed by atoms with E-state index in [2.05, 4.69) is 25.7 Å². The Morgan fingerprint density at radius 3 is 2.56 bits per heavy atom. The van der Waals surface area contributed by atoms with Gasteiger partial charge in [-0.2, -0.15) is 20.3 Å². The lowest BCUT2D eigenvalue weighted by atomic mass is 9.95. The molecule has 0 saturated heterocycles. The molecule has 1 atom stereocenters. The number of fused-ring (bicyclic) bond motifs is 1. The third-order valence-electron chi connectivity index (χ3n) is 6.25. The van der Waals surface area contributed by atoms with Crippen LogP contribution in [0.15, 0.2) is 58.4 Å². The van der Waals surface area contributed by atoms with Gasteiger partial charge < -0.3 is 26.3 Å². The van der Waals surface area contributed by atoms with Crippen LogP contribution in [0.25, 0.3) is 5.69 Å². The second kappa shape index (κ2) is 10.8. The molecule has 0 amide bonds. The van der Waals surface area contributed by atoms with Crippen LogP contribution in [0.5, 0.6) is 17.2 Å². The molecule has 2 aromatic heterocycles. The number of nitrogens with zero attached hydrogens (tertiary/aromatic N) is 6. The first-order chi connectivity index (χ1) is 19.7. The molecule has 13 nitrogen and oxygen atoms in total. The van der Waals surface area contributed by atoms with Crippen molar-refractivity contribution < 1.29 is 9.47 Å². The molecule has 0 spiro atoms. The van der Waals surface area contributed by atoms with Crippen molar-refractivity contribution in [2.75, 3.05) is 23.9 Å². The van der Waals surface area contributed by atoms with Crippen molar-refractivity contribution in [2.24, 2.45) is 4.99 Å². The highest BCUT2D eigenvalue weighted by atomic mass is 35.5. The van der Waals surface area contributed by atoms with Crippen LogP contribution in [-0.2, 0) is 0 Å². The minimum atomic E-state index is -0.797. The van der Waals surface area contributed by atoms with Gasteiger partial charge in [-0.05, 0) is 36.8 Å². The average molecular weight is 569 g/mol. The maximum atomic E-state index is 12.9. The summed E-state index contributed by atoms with van der Waals surface area (Å²) in [5, 5.41) is 28.0. The maximum absolute atomic E-state index is 12.9. The molecule has 204 valence electrons. The van der Waals surface area contributed by atoms with Gasteiger partial charge in [-0.25, -0.2) is 9.98 Å². The van der Waals surface area contributed by atoms with Gasteiger partial charge in [0.05, 0.1) is 24.7 Å². The number of aliphatic imine (C=N–C) groups is 1. The molecule has 0 aliphatic carbocycles. The number of guanidine groups is 1. The van der Waals surface area contributed by atoms with Crippen molar-refractivity contribution in [2.45, 2.75) is 13.0 Å². The number of aromatic nitrogens is 3. The molecule has 0 radical (unpaired) electrons. The Morgan fingerprint density at radius 2 is 1.88 bits per heavy atom. The lowest BCUT2D eigenvalue weighted by Gasteiger charge is -2.26. The molecular weight excluding hydrogens is 548 g/mol. The highest BCUT2D eigenvalue weighted by molar-refractivity contribution is 6.31. The number of rotatable bonds is 5. The maximum Gasteiger partial charge on any atom is 0.294 e. The summed E-state index contributed by atoms with van der Waals surface area (Å²) in [5.41, 5.74) is 14.3. The zero-order valence-electron chi connectivity index (χ0n) is 21.6. The summed E-state index contributed by atoms with van der Waals surface area (Å²) in [6, 6.07) is 13.3. The summed E-state index contributed by atoms with van der Waals surface area (Å²) >= 11 is 6.38. The summed E-state index contributed by atoms with van der Waals surface area (Å²) in [7, 11) is 1.44. The third-order valence-corrected chi connectivity index (χ3v) is 6.59. The van der Waals surface area contributed by atoms with Crippen molar-refractivity contribution in [1.82, 2.24) is 20.1 Å². The number of nitriles is 2. The number of nitrogens with one attached hydrogen (secondary N) is 2. The number of halogens is 1. The van der Waals surface area contributed by atoms with E-state index in [1.807, 2.05) is 25.1 Å². The fourth-order valence-corrected chi connectivity index (χ4v) is 4.41. The molecule has 1 aliphatic heterocycles. The van der Waals surface area contributed by atoms with Crippen LogP contribution < -0.4 is 37.1 Å². The number of benzene rings is 2. The van der Waals surface area contributed by atoms with Crippen molar-refractivity contribution in [3.8, 4) is 35.2 Å². The fraction of sp³-hybridized carbons (Fsp3) is 0.111. The third kappa shape index (κ3) is 4.89. The standard InChI is InChI=1S/C27H21ClN10O3/c1-13-3-6-15(7-4-13)38-26(39)21(28)19(11-34-38)41-17-8-5-14(9-18(17)40-2)23-20-22(31)16(10-29)24(32)36-25(20)37-27(35-23)33-12-30/h3-9,11,23H,1-2H3,(H6,31,32,33,35,36,37). The highest BCUT2D eigenvalue weighted by Gasteiger charge is 2.30. The fourth-order valence-electron chi connectivity index (χ4n) is 4.24. The molecule has 0 fully saturated rings. The Labute approximate surface area is 238 Å². The van der Waals surface area contributed by atoms with E-state index in [9.17, 15) is 10.1 Å². The van der Waals surface area contributed by atoms with Crippen LogP contribution >= 0.6 is 11.6 Å². The second-order valence-corrected chi connectivity index (χ2v) is 9.17. The number of ether oxygens (including phenoxy) is 2. The second-order valence-electron chi connectivity index (χ2n) is 8.79. The molecule has 4 aromatic rings. The molecular formula is C27H21ClN10O3. The first-order valence-electron chi connectivity index (χ1n) is 11.9. The van der Waals surface area contributed by atoms with Gasteiger partial charge in [-0.1, -0.05) is 35.4 Å². The van der Waals surface area contributed by atoms with Gasteiger partial charge >= 0.3 is 0 Å². The van der Waals surface area contributed by atoms with E-state index in [-0.39, 0.29) is 51.1 Å². The lowest BCUT2D eigenvalue weighted by molar-refractivity contribution is 0.377. The molecule has 0 bridgehead atoms. The Bertz CT molecular complexity index is 1860. The lowest BCUT2D eigenvalue weighted by Crippen LogP contribution is -2.32. The first kappa shape index (κ1) is 26.8. The van der Waals surface area contributed by atoms with Crippen molar-refractivity contribution in [3.63, 3.8) is 0 Å². The number of nitrogen functional groups attached to an aromatic ring is 2. The van der Waals surface area contributed by atoms with Gasteiger partial charge in [0.25, 0.3) is 5.56 Å². The van der Waals surface area contributed by atoms with Crippen molar-refractivity contribution in [3.05, 3.63) is 86.3 Å². The molecule has 1 aliphatic rings.